The highest BCUT2D eigenvalue weighted by atomic mass is 35.5. The molecule has 5 heteroatoms. The standard InChI is InChI=1S/C19H24Cl2N2O/c1-19(2)15(12-16(20)21)17(19)18(24)23-10-8-22(9-11-23)13-14-6-4-3-5-7-14/h3-7,12,15,17H,8-11,13H2,1-2H3/t15-,17-/m0/s1. The first-order valence-corrected chi connectivity index (χ1v) is 9.23. The molecule has 2 atom stereocenters. The number of halogens is 2. The van der Waals surface area contributed by atoms with Gasteiger partial charge in [-0.3, -0.25) is 9.69 Å². The SMILES string of the molecule is CC1(C)[C@H](C(=O)N2CCN(Cc3ccccc3)CC2)[C@@H]1C=C(Cl)Cl. The highest BCUT2D eigenvalue weighted by Crippen LogP contribution is 2.60. The molecule has 1 aliphatic heterocycles. The van der Waals surface area contributed by atoms with Gasteiger partial charge in [-0.05, 0) is 23.0 Å². The third-order valence-electron chi connectivity index (χ3n) is 5.42. The van der Waals surface area contributed by atoms with Crippen molar-refractivity contribution in [2.45, 2.75) is 20.4 Å². The first kappa shape index (κ1) is 17.8. The van der Waals surface area contributed by atoms with Crippen LogP contribution in [0.2, 0.25) is 0 Å². The topological polar surface area (TPSA) is 23.6 Å². The maximum atomic E-state index is 12.8. The summed E-state index contributed by atoms with van der Waals surface area (Å²) in [6.45, 7) is 8.60. The molecule has 3 nitrogen and oxygen atoms in total. The van der Waals surface area contributed by atoms with Gasteiger partial charge in [0.15, 0.2) is 0 Å². The van der Waals surface area contributed by atoms with Gasteiger partial charge in [0.25, 0.3) is 0 Å². The quantitative estimate of drug-likeness (QED) is 0.805. The van der Waals surface area contributed by atoms with E-state index in [0.717, 1.165) is 32.7 Å². The van der Waals surface area contributed by atoms with E-state index >= 15 is 0 Å². The fourth-order valence-corrected chi connectivity index (χ4v) is 4.03. The molecule has 1 aromatic carbocycles. The maximum Gasteiger partial charge on any atom is 0.226 e. The highest BCUT2D eigenvalue weighted by molar-refractivity contribution is 6.55. The van der Waals surface area contributed by atoms with E-state index in [2.05, 4.69) is 43.0 Å². The Morgan fingerprint density at radius 2 is 1.79 bits per heavy atom. The molecule has 0 aromatic heterocycles. The lowest BCUT2D eigenvalue weighted by Gasteiger charge is -2.35. The minimum absolute atomic E-state index is 0.00525. The Balaban J connectivity index is 1.53. The molecule has 0 bridgehead atoms. The van der Waals surface area contributed by atoms with Gasteiger partial charge in [0.1, 0.15) is 4.49 Å². The molecule has 24 heavy (non-hydrogen) atoms. The number of allylic oxidation sites excluding steroid dienone is 1. The molecule has 1 heterocycles. The molecule has 130 valence electrons. The molecule has 1 saturated heterocycles. The minimum Gasteiger partial charge on any atom is -0.340 e. The molecule has 0 unspecified atom stereocenters. The summed E-state index contributed by atoms with van der Waals surface area (Å²) < 4.78 is 0.260. The van der Waals surface area contributed by atoms with E-state index in [0.29, 0.717) is 0 Å². The van der Waals surface area contributed by atoms with Crippen molar-refractivity contribution in [2.75, 3.05) is 26.2 Å². The van der Waals surface area contributed by atoms with E-state index in [4.69, 9.17) is 23.2 Å². The zero-order valence-electron chi connectivity index (χ0n) is 14.2. The van der Waals surface area contributed by atoms with Crippen molar-refractivity contribution >= 4 is 29.1 Å². The number of amides is 1. The number of benzene rings is 1. The van der Waals surface area contributed by atoms with Gasteiger partial charge < -0.3 is 4.90 Å². The van der Waals surface area contributed by atoms with E-state index < -0.39 is 0 Å². The molecule has 1 aromatic rings. The number of carbonyl (C=O) groups excluding carboxylic acids is 1. The zero-order chi connectivity index (χ0) is 17.3. The van der Waals surface area contributed by atoms with Crippen molar-refractivity contribution in [1.29, 1.82) is 0 Å². The number of hydrogen-bond donors (Lipinski definition) is 0. The molecule has 2 fully saturated rings. The number of hydrogen-bond acceptors (Lipinski definition) is 2. The minimum atomic E-state index is -0.0483. The third-order valence-corrected chi connectivity index (χ3v) is 5.67. The Kier molecular flexibility index (Phi) is 5.24. The molecule has 2 aliphatic rings. The van der Waals surface area contributed by atoms with Crippen LogP contribution in [0.3, 0.4) is 0 Å². The van der Waals surface area contributed by atoms with Crippen LogP contribution >= 0.6 is 23.2 Å². The van der Waals surface area contributed by atoms with E-state index in [-0.39, 0.29) is 27.6 Å². The van der Waals surface area contributed by atoms with E-state index in [1.54, 1.807) is 0 Å². The van der Waals surface area contributed by atoms with Gasteiger partial charge in [-0.2, -0.15) is 0 Å². The van der Waals surface area contributed by atoms with Gasteiger partial charge in [-0.25, -0.2) is 0 Å². The van der Waals surface area contributed by atoms with Gasteiger partial charge >= 0.3 is 0 Å². The van der Waals surface area contributed by atoms with Crippen molar-refractivity contribution in [3.8, 4) is 0 Å². The van der Waals surface area contributed by atoms with Crippen molar-refractivity contribution in [3.05, 3.63) is 46.5 Å². The first-order valence-electron chi connectivity index (χ1n) is 8.47. The normalized spacial score (nSPS) is 26.1. The Labute approximate surface area is 154 Å². The average Bonchev–Trinajstić information content (AvgIpc) is 3.08. The maximum absolute atomic E-state index is 12.8. The number of rotatable bonds is 4. The zero-order valence-corrected chi connectivity index (χ0v) is 15.7. The molecule has 1 aliphatic carbocycles. The monoisotopic (exact) mass is 366 g/mol. The number of piperazine rings is 1. The van der Waals surface area contributed by atoms with Crippen molar-refractivity contribution in [2.24, 2.45) is 17.3 Å². The van der Waals surface area contributed by atoms with E-state index in [1.807, 2.05) is 17.0 Å². The molecular weight excluding hydrogens is 343 g/mol. The second-order valence-corrected chi connectivity index (χ2v) is 8.38. The summed E-state index contributed by atoms with van der Waals surface area (Å²) in [4.78, 5) is 17.2. The molecule has 0 N–H and O–H groups in total. The summed E-state index contributed by atoms with van der Waals surface area (Å²) in [5.74, 6) is 0.401. The van der Waals surface area contributed by atoms with E-state index in [1.165, 1.54) is 5.56 Å². The lowest BCUT2D eigenvalue weighted by molar-refractivity contribution is -0.135. The lowest BCUT2D eigenvalue weighted by atomic mass is 10.1. The van der Waals surface area contributed by atoms with Crippen LogP contribution in [-0.2, 0) is 11.3 Å². The van der Waals surface area contributed by atoms with Gasteiger partial charge in [-0.1, -0.05) is 67.4 Å². The number of carbonyl (C=O) groups is 1. The highest BCUT2D eigenvalue weighted by Gasteiger charge is 2.61. The predicted octanol–water partition coefficient (Wildman–Crippen LogP) is 3.92. The molecule has 1 saturated carbocycles. The lowest BCUT2D eigenvalue weighted by Crippen LogP contribution is -2.49. The Morgan fingerprint density at radius 3 is 2.38 bits per heavy atom. The van der Waals surface area contributed by atoms with Crippen molar-refractivity contribution in [3.63, 3.8) is 0 Å². The van der Waals surface area contributed by atoms with Crippen LogP contribution in [0, 0.1) is 17.3 Å². The van der Waals surface area contributed by atoms with Crippen LogP contribution in [0.1, 0.15) is 19.4 Å². The summed E-state index contributed by atoms with van der Waals surface area (Å²) >= 11 is 11.6. The van der Waals surface area contributed by atoms with Crippen LogP contribution < -0.4 is 0 Å². The summed E-state index contributed by atoms with van der Waals surface area (Å²) in [5, 5.41) is 0. The van der Waals surface area contributed by atoms with Gasteiger partial charge in [-0.15, -0.1) is 0 Å². The second-order valence-electron chi connectivity index (χ2n) is 7.37. The molecule has 0 spiro atoms. The third kappa shape index (κ3) is 3.79. The fourth-order valence-electron chi connectivity index (χ4n) is 3.76. The molecule has 3 rings (SSSR count). The number of nitrogens with zero attached hydrogens (tertiary/aromatic N) is 2. The Morgan fingerprint density at radius 1 is 1.17 bits per heavy atom. The van der Waals surface area contributed by atoms with E-state index in [9.17, 15) is 4.79 Å². The Bertz CT molecular complexity index is 618. The first-order chi connectivity index (χ1) is 11.4. The second kappa shape index (κ2) is 7.07. The summed E-state index contributed by atoms with van der Waals surface area (Å²) in [6, 6.07) is 10.5. The smallest absolute Gasteiger partial charge is 0.226 e. The van der Waals surface area contributed by atoms with Gasteiger partial charge in [0.2, 0.25) is 5.91 Å². The van der Waals surface area contributed by atoms with Crippen LogP contribution in [0.15, 0.2) is 40.9 Å². The van der Waals surface area contributed by atoms with Crippen LogP contribution in [0.4, 0.5) is 0 Å². The summed E-state index contributed by atoms with van der Waals surface area (Å²) in [7, 11) is 0. The van der Waals surface area contributed by atoms with Crippen LogP contribution in [0.25, 0.3) is 0 Å². The average molecular weight is 367 g/mol. The summed E-state index contributed by atoms with van der Waals surface area (Å²) in [6.07, 6.45) is 1.82. The van der Waals surface area contributed by atoms with Crippen LogP contribution in [0.5, 0.6) is 0 Å². The van der Waals surface area contributed by atoms with Gasteiger partial charge in [0.05, 0.1) is 5.92 Å². The molecule has 1 amide bonds. The summed E-state index contributed by atoms with van der Waals surface area (Å²) in [5.41, 5.74) is 1.27. The molecular formula is C19H24Cl2N2O. The fraction of sp³-hybridized carbons (Fsp3) is 0.526. The largest absolute Gasteiger partial charge is 0.340 e. The predicted molar refractivity (Wildman–Crippen MR) is 98.8 cm³/mol. The van der Waals surface area contributed by atoms with Crippen molar-refractivity contribution < 1.29 is 4.79 Å². The Hall–Kier alpha value is -1.03. The van der Waals surface area contributed by atoms with Gasteiger partial charge in [0, 0.05) is 32.7 Å². The van der Waals surface area contributed by atoms with Crippen molar-refractivity contribution in [1.82, 2.24) is 9.80 Å². The molecule has 0 radical (unpaired) electrons. The van der Waals surface area contributed by atoms with Crippen LogP contribution in [-0.4, -0.2) is 41.9 Å².